The highest BCUT2D eigenvalue weighted by Crippen LogP contribution is 2.37. The van der Waals surface area contributed by atoms with Gasteiger partial charge in [-0.1, -0.05) is 17.7 Å². The highest BCUT2D eigenvalue weighted by atomic mass is 35.5. The lowest BCUT2D eigenvalue weighted by atomic mass is 9.88. The number of benzene rings is 1. The summed E-state index contributed by atoms with van der Waals surface area (Å²) >= 11 is 6.06. The Morgan fingerprint density at radius 2 is 2.17 bits per heavy atom. The summed E-state index contributed by atoms with van der Waals surface area (Å²) in [6.45, 7) is -0.651. The number of aliphatic imine (C=N–C) groups is 1. The third-order valence-electron chi connectivity index (χ3n) is 4.45. The maximum Gasteiger partial charge on any atom is 0.269 e. The largest absolute Gasteiger partial charge is 0.495 e. The number of carbonyl (C=O) groups excluding carboxylic acids is 1. The number of hydrogen-bond donors (Lipinski definition) is 1. The zero-order valence-corrected chi connectivity index (χ0v) is 16.0. The lowest BCUT2D eigenvalue weighted by molar-refractivity contribution is -0.0146. The van der Waals surface area contributed by atoms with Crippen LogP contribution in [0.4, 0.5) is 13.2 Å². The Labute approximate surface area is 169 Å². The summed E-state index contributed by atoms with van der Waals surface area (Å²) in [4.78, 5) is 20.3. The van der Waals surface area contributed by atoms with Gasteiger partial charge in [-0.3, -0.25) is 9.79 Å². The molecule has 0 fully saturated rings. The van der Waals surface area contributed by atoms with Gasteiger partial charge < -0.3 is 15.2 Å². The maximum absolute atomic E-state index is 14.5. The van der Waals surface area contributed by atoms with Crippen LogP contribution in [-0.2, 0) is 16.7 Å². The third kappa shape index (κ3) is 4.20. The van der Waals surface area contributed by atoms with E-state index in [-0.39, 0.29) is 29.6 Å². The topological polar surface area (TPSA) is 86.8 Å². The molecule has 0 unspecified atom stereocenters. The number of nitrogens with zero attached hydrogens (tertiary/aromatic N) is 2. The molecule has 0 amide bonds. The van der Waals surface area contributed by atoms with Gasteiger partial charge in [0.1, 0.15) is 29.7 Å². The number of amidine groups is 1. The van der Waals surface area contributed by atoms with Gasteiger partial charge >= 0.3 is 0 Å². The van der Waals surface area contributed by atoms with Crippen molar-refractivity contribution >= 4 is 23.2 Å². The van der Waals surface area contributed by atoms with Crippen LogP contribution in [0.2, 0.25) is 5.02 Å². The Hall–Kier alpha value is -2.65. The number of pyridine rings is 1. The normalized spacial score (nSPS) is 19.2. The minimum Gasteiger partial charge on any atom is -0.495 e. The maximum atomic E-state index is 14.5. The lowest BCUT2D eigenvalue weighted by Crippen LogP contribution is -2.45. The summed E-state index contributed by atoms with van der Waals surface area (Å²) in [5.41, 5.74) is 3.16. The van der Waals surface area contributed by atoms with Crippen LogP contribution in [-0.4, -0.2) is 43.4 Å². The van der Waals surface area contributed by atoms with Gasteiger partial charge in [0.2, 0.25) is 0 Å². The van der Waals surface area contributed by atoms with Crippen LogP contribution in [0, 0.1) is 5.82 Å². The fraction of sp³-hybridized carbons (Fsp3) is 0.316. The van der Waals surface area contributed by atoms with Crippen molar-refractivity contribution in [2.75, 3.05) is 20.3 Å². The molecule has 0 bridgehead atoms. The van der Waals surface area contributed by atoms with Gasteiger partial charge in [0.15, 0.2) is 11.3 Å². The molecule has 2 aromatic rings. The molecular formula is C19H17ClF3N3O3. The second-order valence-electron chi connectivity index (χ2n) is 6.44. The van der Waals surface area contributed by atoms with Gasteiger partial charge in [-0.05, 0) is 17.7 Å². The quantitative estimate of drug-likeness (QED) is 0.716. The summed E-state index contributed by atoms with van der Waals surface area (Å²) in [7, 11) is 1.43. The summed E-state index contributed by atoms with van der Waals surface area (Å²) in [5.74, 6) is -1.15. The van der Waals surface area contributed by atoms with E-state index in [1.165, 1.54) is 31.5 Å². The van der Waals surface area contributed by atoms with Crippen LogP contribution in [0.3, 0.4) is 0 Å². The van der Waals surface area contributed by atoms with E-state index in [1.807, 2.05) is 0 Å². The molecule has 29 heavy (non-hydrogen) atoms. The van der Waals surface area contributed by atoms with Crippen molar-refractivity contribution in [2.45, 2.75) is 18.4 Å². The molecule has 1 aromatic heterocycles. The number of ether oxygens (including phenoxy) is 2. The minimum absolute atomic E-state index is 0.00909. The number of hydrogen-bond acceptors (Lipinski definition) is 6. The Kier molecular flexibility index (Phi) is 6.09. The van der Waals surface area contributed by atoms with Gasteiger partial charge in [0, 0.05) is 18.1 Å². The van der Waals surface area contributed by atoms with Crippen LogP contribution in [0.5, 0.6) is 5.75 Å². The van der Waals surface area contributed by atoms with Crippen molar-refractivity contribution in [1.29, 1.82) is 0 Å². The molecule has 6 nitrogen and oxygen atoms in total. The smallest absolute Gasteiger partial charge is 0.269 e. The number of ketones is 1. The molecule has 0 saturated carbocycles. The van der Waals surface area contributed by atoms with Crippen molar-refractivity contribution in [3.8, 4) is 5.75 Å². The second kappa shape index (κ2) is 8.38. The molecule has 0 aliphatic carbocycles. The summed E-state index contributed by atoms with van der Waals surface area (Å²) in [6.07, 6.45) is -1.97. The van der Waals surface area contributed by atoms with E-state index in [0.29, 0.717) is 11.3 Å². The number of halogens is 4. The number of alkyl halides is 2. The molecule has 10 heteroatoms. The van der Waals surface area contributed by atoms with Crippen molar-refractivity contribution in [3.63, 3.8) is 0 Å². The van der Waals surface area contributed by atoms with Crippen molar-refractivity contribution in [2.24, 2.45) is 10.7 Å². The van der Waals surface area contributed by atoms with E-state index in [2.05, 4.69) is 9.98 Å². The van der Waals surface area contributed by atoms with Crippen LogP contribution in [0.25, 0.3) is 0 Å². The Balaban J connectivity index is 1.95. The number of rotatable bonds is 6. The number of carbonyl (C=O) groups is 1. The monoisotopic (exact) mass is 427 g/mol. The Morgan fingerprint density at radius 1 is 1.41 bits per heavy atom. The molecule has 3 rings (SSSR count). The molecule has 154 valence electrons. The predicted molar refractivity (Wildman–Crippen MR) is 100 cm³/mol. The van der Waals surface area contributed by atoms with E-state index in [9.17, 15) is 18.0 Å². The molecule has 2 heterocycles. The molecular weight excluding hydrogens is 411 g/mol. The zero-order valence-electron chi connectivity index (χ0n) is 15.3. The van der Waals surface area contributed by atoms with Crippen molar-refractivity contribution < 1.29 is 27.4 Å². The summed E-state index contributed by atoms with van der Waals surface area (Å²) in [6, 6.07) is 4.93. The van der Waals surface area contributed by atoms with Gasteiger partial charge in [0.05, 0.1) is 24.9 Å². The highest BCUT2D eigenvalue weighted by molar-refractivity contribution is 6.33. The van der Waals surface area contributed by atoms with Gasteiger partial charge in [-0.15, -0.1) is 0 Å². The first-order chi connectivity index (χ1) is 13.8. The molecule has 2 N–H and O–H groups in total. The van der Waals surface area contributed by atoms with E-state index in [4.69, 9.17) is 26.8 Å². The van der Waals surface area contributed by atoms with Crippen LogP contribution >= 0.6 is 11.6 Å². The van der Waals surface area contributed by atoms with Gasteiger partial charge in [-0.25, -0.2) is 18.2 Å². The standard InChI is InChI=1S/C19H17ClF3N3O3/c1-28-11-6-13(20)17(25-7-11)15(27)5-10-2-3-14(21)12(4-10)19(18(22)23)9-29-8-16(24)26-19/h2-4,6-7,18H,5,8-9H2,1H3,(H2,24,26)/t19-/m0/s1. The third-order valence-corrected chi connectivity index (χ3v) is 4.74. The van der Waals surface area contributed by atoms with Crippen molar-refractivity contribution in [1.82, 2.24) is 4.98 Å². The number of nitrogens with two attached hydrogens (primary N) is 1. The average molecular weight is 428 g/mol. The molecule has 0 saturated heterocycles. The number of aromatic nitrogens is 1. The van der Waals surface area contributed by atoms with E-state index in [1.54, 1.807) is 0 Å². The van der Waals surface area contributed by atoms with E-state index < -0.39 is 35.7 Å². The zero-order chi connectivity index (χ0) is 21.2. The first kappa shape index (κ1) is 21.1. The van der Waals surface area contributed by atoms with Crippen LogP contribution in [0.15, 0.2) is 35.5 Å². The SMILES string of the molecule is COc1cnc(C(=O)Cc2ccc(F)c([C@]3(C(F)F)COCC(N)=N3)c2)c(Cl)c1. The molecule has 1 aliphatic rings. The van der Waals surface area contributed by atoms with E-state index >= 15 is 0 Å². The number of Topliss-reactive ketones (excluding diaryl/α,β-unsaturated/α-hetero) is 1. The molecule has 0 spiro atoms. The number of methoxy groups -OCH3 is 1. The fourth-order valence-electron chi connectivity index (χ4n) is 3.02. The average Bonchev–Trinajstić information content (AvgIpc) is 2.68. The molecule has 1 atom stereocenters. The molecule has 0 radical (unpaired) electrons. The fourth-order valence-corrected chi connectivity index (χ4v) is 3.28. The Morgan fingerprint density at radius 3 is 2.79 bits per heavy atom. The first-order valence-electron chi connectivity index (χ1n) is 8.48. The predicted octanol–water partition coefficient (Wildman–Crippen LogP) is 3.16. The lowest BCUT2D eigenvalue weighted by Gasteiger charge is -2.33. The summed E-state index contributed by atoms with van der Waals surface area (Å²) in [5, 5.41) is 0.0822. The first-order valence-corrected chi connectivity index (χ1v) is 8.86. The molecule has 1 aliphatic heterocycles. The Bertz CT molecular complexity index is 971. The minimum atomic E-state index is -3.07. The van der Waals surface area contributed by atoms with Gasteiger partial charge in [0.25, 0.3) is 6.43 Å². The second-order valence-corrected chi connectivity index (χ2v) is 6.85. The van der Waals surface area contributed by atoms with Crippen LogP contribution in [0.1, 0.15) is 21.6 Å². The molecule has 1 aromatic carbocycles. The van der Waals surface area contributed by atoms with Gasteiger partial charge in [-0.2, -0.15) is 0 Å². The highest BCUT2D eigenvalue weighted by Gasteiger charge is 2.46. The van der Waals surface area contributed by atoms with E-state index in [0.717, 1.165) is 6.07 Å². The summed E-state index contributed by atoms with van der Waals surface area (Å²) < 4.78 is 52.3. The van der Waals surface area contributed by atoms with Crippen LogP contribution < -0.4 is 10.5 Å². The van der Waals surface area contributed by atoms with Crippen molar-refractivity contribution in [3.05, 3.63) is 58.1 Å².